The molecular weight excluding hydrogens is 640 g/mol. The second-order valence-corrected chi connectivity index (χ2v) is 13.2. The molecule has 0 aliphatic carbocycles. The van der Waals surface area contributed by atoms with E-state index in [9.17, 15) is 18.0 Å². The van der Waals surface area contributed by atoms with Crippen LogP contribution < -0.4 is 9.62 Å². The minimum atomic E-state index is -4.31. The van der Waals surface area contributed by atoms with Crippen molar-refractivity contribution in [2.24, 2.45) is 0 Å². The number of benzene rings is 3. The SMILES string of the molecule is CCCCNC(=O)[C@H](CC)N(Cc1c(Cl)cccc1Cl)C(=O)CN(c1cc(Cl)ccc1Cl)S(=O)(=O)c1ccc(C)cc1. The van der Waals surface area contributed by atoms with Crippen molar-refractivity contribution in [3.63, 3.8) is 0 Å². The molecule has 12 heteroatoms. The van der Waals surface area contributed by atoms with Gasteiger partial charge in [-0.2, -0.15) is 0 Å². The summed E-state index contributed by atoms with van der Waals surface area (Å²) in [5, 5.41) is 3.80. The smallest absolute Gasteiger partial charge is 0.264 e. The van der Waals surface area contributed by atoms with Crippen LogP contribution in [0.1, 0.15) is 44.2 Å². The fourth-order valence-electron chi connectivity index (χ4n) is 4.31. The number of nitrogens with one attached hydrogen (secondary N) is 1. The van der Waals surface area contributed by atoms with Crippen molar-refractivity contribution in [1.82, 2.24) is 10.2 Å². The number of rotatable bonds is 13. The molecule has 7 nitrogen and oxygen atoms in total. The zero-order valence-corrected chi connectivity index (χ0v) is 27.4. The van der Waals surface area contributed by atoms with Crippen LogP contribution in [0.15, 0.2) is 65.6 Å². The third-order valence-electron chi connectivity index (χ3n) is 6.67. The number of carbonyl (C=O) groups excluding carboxylic acids is 2. The molecule has 0 saturated heterocycles. The first-order valence-corrected chi connectivity index (χ1v) is 16.4. The number of sulfonamides is 1. The molecule has 226 valence electrons. The Labute approximate surface area is 267 Å². The van der Waals surface area contributed by atoms with Gasteiger partial charge in [0.2, 0.25) is 11.8 Å². The average molecular weight is 673 g/mol. The molecule has 0 fully saturated rings. The minimum absolute atomic E-state index is 0.0225. The topological polar surface area (TPSA) is 86.8 Å². The molecule has 3 rings (SSSR count). The van der Waals surface area contributed by atoms with E-state index in [0.29, 0.717) is 22.2 Å². The Morgan fingerprint density at radius 2 is 1.55 bits per heavy atom. The highest BCUT2D eigenvalue weighted by Gasteiger charge is 2.35. The zero-order valence-electron chi connectivity index (χ0n) is 23.5. The summed E-state index contributed by atoms with van der Waals surface area (Å²) in [6.07, 6.45) is 1.90. The van der Waals surface area contributed by atoms with Gasteiger partial charge >= 0.3 is 0 Å². The van der Waals surface area contributed by atoms with Crippen molar-refractivity contribution in [3.8, 4) is 0 Å². The van der Waals surface area contributed by atoms with Gasteiger partial charge in [0.05, 0.1) is 15.6 Å². The van der Waals surface area contributed by atoms with E-state index in [1.54, 1.807) is 37.3 Å². The largest absolute Gasteiger partial charge is 0.354 e. The summed E-state index contributed by atoms with van der Waals surface area (Å²) in [7, 11) is -4.31. The molecule has 1 N–H and O–H groups in total. The van der Waals surface area contributed by atoms with Gasteiger partial charge in [-0.15, -0.1) is 0 Å². The molecule has 3 aromatic carbocycles. The van der Waals surface area contributed by atoms with Crippen LogP contribution >= 0.6 is 46.4 Å². The molecule has 0 unspecified atom stereocenters. The molecule has 0 aliphatic rings. The van der Waals surface area contributed by atoms with Gasteiger partial charge in [0.25, 0.3) is 10.0 Å². The molecule has 3 aromatic rings. The Hall–Kier alpha value is -2.49. The van der Waals surface area contributed by atoms with Crippen LogP contribution in [-0.4, -0.2) is 44.3 Å². The monoisotopic (exact) mass is 671 g/mol. The second kappa shape index (κ2) is 15.3. The maximum atomic E-state index is 14.2. The lowest BCUT2D eigenvalue weighted by Crippen LogP contribution is -2.52. The molecule has 0 spiro atoms. The second-order valence-electron chi connectivity index (χ2n) is 9.71. The summed E-state index contributed by atoms with van der Waals surface area (Å²) in [6.45, 7) is 5.25. The van der Waals surface area contributed by atoms with Gasteiger partial charge in [-0.3, -0.25) is 13.9 Å². The zero-order chi connectivity index (χ0) is 31.0. The first-order valence-electron chi connectivity index (χ1n) is 13.4. The maximum Gasteiger partial charge on any atom is 0.264 e. The number of aryl methyl sites for hydroxylation is 1. The van der Waals surface area contributed by atoms with E-state index in [1.165, 1.54) is 35.2 Å². The Kier molecular flexibility index (Phi) is 12.4. The van der Waals surface area contributed by atoms with Gasteiger partial charge in [0, 0.05) is 33.7 Å². The highest BCUT2D eigenvalue weighted by molar-refractivity contribution is 7.92. The number of halogens is 4. The van der Waals surface area contributed by atoms with Gasteiger partial charge in [-0.1, -0.05) is 90.4 Å². The Morgan fingerprint density at radius 1 is 0.905 bits per heavy atom. The standard InChI is InChI=1S/C30H33Cl4N3O4S/c1-4-6-16-35-30(39)27(5-2)36(18-23-24(32)8-7-9-25(23)33)29(38)19-37(28-17-21(31)12-15-26(28)34)42(40,41)22-13-10-20(3)11-14-22/h7-15,17,27H,4-6,16,18-19H2,1-3H3,(H,35,39)/t27-/m0/s1. The van der Waals surface area contributed by atoms with Gasteiger partial charge in [0.15, 0.2) is 0 Å². The molecule has 0 saturated carbocycles. The lowest BCUT2D eigenvalue weighted by Gasteiger charge is -2.33. The van der Waals surface area contributed by atoms with Crippen molar-refractivity contribution in [2.75, 3.05) is 17.4 Å². The summed E-state index contributed by atoms with van der Waals surface area (Å²) >= 11 is 25.6. The summed E-state index contributed by atoms with van der Waals surface area (Å²) in [5.41, 5.74) is 1.32. The van der Waals surface area contributed by atoms with E-state index >= 15 is 0 Å². The molecule has 2 amide bonds. The van der Waals surface area contributed by atoms with E-state index in [-0.39, 0.29) is 39.5 Å². The van der Waals surface area contributed by atoms with Crippen LogP contribution in [0, 0.1) is 6.92 Å². The predicted octanol–water partition coefficient (Wildman–Crippen LogP) is 7.53. The van der Waals surface area contributed by atoms with Crippen molar-refractivity contribution < 1.29 is 18.0 Å². The quantitative estimate of drug-likeness (QED) is 0.190. The van der Waals surface area contributed by atoms with Crippen LogP contribution in [0.4, 0.5) is 5.69 Å². The molecular formula is C30H33Cl4N3O4S. The van der Waals surface area contributed by atoms with Crippen molar-refractivity contribution in [1.29, 1.82) is 0 Å². The Morgan fingerprint density at radius 3 is 2.14 bits per heavy atom. The average Bonchev–Trinajstić information content (AvgIpc) is 2.94. The van der Waals surface area contributed by atoms with E-state index in [0.717, 1.165) is 22.7 Å². The third-order valence-corrected chi connectivity index (χ3v) is 9.71. The summed E-state index contributed by atoms with van der Waals surface area (Å²) in [4.78, 5) is 28.8. The molecule has 0 bridgehead atoms. The van der Waals surface area contributed by atoms with E-state index < -0.39 is 28.5 Å². The van der Waals surface area contributed by atoms with Crippen LogP contribution in [0.25, 0.3) is 0 Å². The number of unbranched alkanes of at least 4 members (excludes halogenated alkanes) is 1. The van der Waals surface area contributed by atoms with Crippen LogP contribution in [-0.2, 0) is 26.2 Å². The lowest BCUT2D eigenvalue weighted by atomic mass is 10.1. The molecule has 0 aliphatic heterocycles. The van der Waals surface area contributed by atoms with Crippen molar-refractivity contribution in [2.45, 2.75) is 57.5 Å². The number of anilines is 1. The van der Waals surface area contributed by atoms with Gasteiger partial charge in [0.1, 0.15) is 12.6 Å². The fourth-order valence-corrected chi connectivity index (χ4v) is 6.69. The van der Waals surface area contributed by atoms with Crippen LogP contribution in [0.5, 0.6) is 0 Å². The van der Waals surface area contributed by atoms with Crippen molar-refractivity contribution >= 4 is 73.9 Å². The first kappa shape index (κ1) is 34.0. The molecule has 0 radical (unpaired) electrons. The van der Waals surface area contributed by atoms with E-state index in [4.69, 9.17) is 46.4 Å². The van der Waals surface area contributed by atoms with Gasteiger partial charge in [-0.05, 0) is 62.2 Å². The number of amides is 2. The van der Waals surface area contributed by atoms with E-state index in [1.807, 2.05) is 13.8 Å². The Balaban J connectivity index is 2.12. The summed E-state index contributed by atoms with van der Waals surface area (Å²) in [5.74, 6) is -1.02. The molecule has 1 atom stereocenters. The number of hydrogen-bond acceptors (Lipinski definition) is 4. The third kappa shape index (κ3) is 8.32. The number of hydrogen-bond donors (Lipinski definition) is 1. The molecule has 0 heterocycles. The molecule has 0 aromatic heterocycles. The first-order chi connectivity index (χ1) is 19.9. The van der Waals surface area contributed by atoms with Crippen molar-refractivity contribution in [3.05, 3.63) is 91.9 Å². The predicted molar refractivity (Wildman–Crippen MR) is 171 cm³/mol. The van der Waals surface area contributed by atoms with E-state index in [2.05, 4.69) is 5.32 Å². The van der Waals surface area contributed by atoms with Gasteiger partial charge < -0.3 is 10.2 Å². The fraction of sp³-hybridized carbons (Fsp3) is 0.333. The molecule has 42 heavy (non-hydrogen) atoms. The van der Waals surface area contributed by atoms with Gasteiger partial charge in [-0.25, -0.2) is 8.42 Å². The number of carbonyl (C=O) groups is 2. The normalized spacial score (nSPS) is 12.1. The minimum Gasteiger partial charge on any atom is -0.354 e. The van der Waals surface area contributed by atoms with Crippen LogP contribution in [0.2, 0.25) is 20.1 Å². The van der Waals surface area contributed by atoms with Crippen LogP contribution in [0.3, 0.4) is 0 Å². The summed E-state index contributed by atoms with van der Waals surface area (Å²) < 4.78 is 28.9. The lowest BCUT2D eigenvalue weighted by molar-refractivity contribution is -0.140. The summed E-state index contributed by atoms with van der Waals surface area (Å²) in [6, 6.07) is 14.6. The number of nitrogens with zero attached hydrogens (tertiary/aromatic N) is 2. The Bertz CT molecular complexity index is 1500. The highest BCUT2D eigenvalue weighted by atomic mass is 35.5. The highest BCUT2D eigenvalue weighted by Crippen LogP contribution is 2.34. The maximum absolute atomic E-state index is 14.2.